The lowest BCUT2D eigenvalue weighted by Gasteiger charge is -2.46. The maximum absolute atomic E-state index is 13.4. The molecule has 2 rings (SSSR count). The first-order valence-electron chi connectivity index (χ1n) is 39.4. The summed E-state index contributed by atoms with van der Waals surface area (Å²) in [4.78, 5) is 13.4. The van der Waals surface area contributed by atoms with Gasteiger partial charge in [0.15, 0.2) is 12.6 Å². The number of ether oxygens (including phenoxy) is 4. The van der Waals surface area contributed by atoms with Crippen molar-refractivity contribution in [3.8, 4) is 0 Å². The first kappa shape index (κ1) is 87.0. The fourth-order valence-corrected chi connectivity index (χ4v) is 13.0. The summed E-state index contributed by atoms with van der Waals surface area (Å²) in [6.45, 7) is 2.82. The Bertz CT molecular complexity index is 1750. The first-order valence-corrected chi connectivity index (χ1v) is 39.4. The number of carbonyl (C=O) groups is 1. The Balaban J connectivity index is 1.58. The maximum atomic E-state index is 13.4. The van der Waals surface area contributed by atoms with Gasteiger partial charge in [-0.2, -0.15) is 0 Å². The van der Waals surface area contributed by atoms with E-state index in [2.05, 4.69) is 55.6 Å². The summed E-state index contributed by atoms with van der Waals surface area (Å²) in [6.07, 6.45) is 67.8. The Labute approximate surface area is 569 Å². The molecule has 14 nitrogen and oxygen atoms in total. The van der Waals surface area contributed by atoms with Crippen LogP contribution in [0.5, 0.6) is 0 Å². The van der Waals surface area contributed by atoms with Gasteiger partial charge in [-0.1, -0.05) is 332 Å². The minimum Gasteiger partial charge on any atom is -0.394 e. The highest BCUT2D eigenvalue weighted by atomic mass is 16.7. The molecule has 0 saturated carbocycles. The minimum absolute atomic E-state index is 0.242. The minimum atomic E-state index is -1.79. The second-order valence-corrected chi connectivity index (χ2v) is 27.8. The fourth-order valence-electron chi connectivity index (χ4n) is 13.0. The topological polar surface area (TPSA) is 228 Å². The van der Waals surface area contributed by atoms with E-state index in [1.165, 1.54) is 283 Å². The number of unbranched alkanes of at least 4 members (excludes halogenated alkanes) is 47. The molecular weight excluding hydrogens is 1170 g/mol. The summed E-state index contributed by atoms with van der Waals surface area (Å²) in [5, 5.41) is 87.5. The molecule has 0 aromatic carbocycles. The molecule has 93 heavy (non-hydrogen) atoms. The molecule has 2 saturated heterocycles. The lowest BCUT2D eigenvalue weighted by molar-refractivity contribution is -0.359. The van der Waals surface area contributed by atoms with Crippen molar-refractivity contribution in [3.63, 3.8) is 0 Å². The lowest BCUT2D eigenvalue weighted by Crippen LogP contribution is -2.65. The number of nitrogens with one attached hydrogen (secondary N) is 1. The molecule has 0 aromatic heterocycles. The molecule has 546 valence electrons. The predicted molar refractivity (Wildman–Crippen MR) is 383 cm³/mol. The Hall–Kier alpha value is -2.05. The van der Waals surface area contributed by atoms with E-state index in [1.807, 2.05) is 6.08 Å². The number of allylic oxidation sites excluding steroid dienone is 7. The summed E-state index contributed by atoms with van der Waals surface area (Å²) >= 11 is 0. The zero-order valence-corrected chi connectivity index (χ0v) is 59.8. The van der Waals surface area contributed by atoms with E-state index in [0.29, 0.717) is 12.8 Å². The second-order valence-electron chi connectivity index (χ2n) is 27.8. The van der Waals surface area contributed by atoms with Crippen LogP contribution in [0.25, 0.3) is 0 Å². The van der Waals surface area contributed by atoms with Gasteiger partial charge in [0, 0.05) is 6.42 Å². The van der Waals surface area contributed by atoms with E-state index in [4.69, 9.17) is 18.9 Å². The van der Waals surface area contributed by atoms with Gasteiger partial charge in [0.1, 0.15) is 48.8 Å². The average Bonchev–Trinajstić information content (AvgIpc) is 0.854. The van der Waals surface area contributed by atoms with E-state index in [1.54, 1.807) is 6.08 Å². The number of aliphatic hydroxyl groups is 8. The molecule has 2 heterocycles. The van der Waals surface area contributed by atoms with Crippen LogP contribution in [0.3, 0.4) is 0 Å². The van der Waals surface area contributed by atoms with Gasteiger partial charge in [-0.3, -0.25) is 4.79 Å². The number of amides is 1. The summed E-state index contributed by atoms with van der Waals surface area (Å²) in [7, 11) is 0. The van der Waals surface area contributed by atoms with Crippen molar-refractivity contribution in [1.82, 2.24) is 5.32 Å². The number of aliphatic hydroxyl groups excluding tert-OH is 8. The molecule has 9 N–H and O–H groups in total. The third-order valence-electron chi connectivity index (χ3n) is 19.2. The van der Waals surface area contributed by atoms with Gasteiger partial charge in [0.05, 0.1) is 32.0 Å². The molecule has 14 heteroatoms. The average molecular weight is 1320 g/mol. The largest absolute Gasteiger partial charge is 0.394 e. The van der Waals surface area contributed by atoms with Crippen LogP contribution in [-0.2, 0) is 23.7 Å². The second kappa shape index (κ2) is 63.4. The SMILES string of the molecule is CCCCCCC/C=C\C/C=C\CCCCCCCCCCCCCCCCCCCCCCCCCCCCCC(=O)NC(COC1OC(CO)C(OC2OC(CO)C(O)C(O)C2O)C(O)C1O)C(O)/C=C/CC/C=C/CCCCCCCCCCCCCCCC. The zero-order chi connectivity index (χ0) is 67.3. The maximum Gasteiger partial charge on any atom is 0.220 e. The van der Waals surface area contributed by atoms with Crippen LogP contribution in [0.2, 0.25) is 0 Å². The van der Waals surface area contributed by atoms with Crippen LogP contribution in [0, 0.1) is 0 Å². The van der Waals surface area contributed by atoms with Crippen LogP contribution >= 0.6 is 0 Å². The molecule has 2 aliphatic heterocycles. The number of hydrogen-bond acceptors (Lipinski definition) is 13. The number of hydrogen-bond donors (Lipinski definition) is 9. The van der Waals surface area contributed by atoms with Crippen LogP contribution in [0.4, 0.5) is 0 Å². The first-order chi connectivity index (χ1) is 45.6. The fraction of sp³-hybridized carbons (Fsp3) is 0.886. The Morgan fingerprint density at radius 3 is 1.12 bits per heavy atom. The monoisotopic (exact) mass is 1320 g/mol. The van der Waals surface area contributed by atoms with Crippen LogP contribution in [-0.4, -0.2) is 140 Å². The van der Waals surface area contributed by atoms with Crippen molar-refractivity contribution >= 4 is 5.91 Å². The van der Waals surface area contributed by atoms with E-state index in [0.717, 1.165) is 38.5 Å². The standard InChI is InChI=1S/C79H147NO13/c1-3-5-7-9-11-13-15-17-19-21-23-25-26-27-28-29-30-31-32-33-34-35-36-37-38-39-40-41-42-43-45-47-49-51-53-55-57-59-61-63-71(84)80-67(68(83)62-60-58-56-54-52-50-48-46-44-24-22-20-18-16-14-12-10-8-6-4-2)66-90-78-76(89)74(87)77(70(65-82)92-78)93-79-75(88)73(86)72(85)69(64-81)91-79/h15,17,21,23,52,54,60,62,67-70,72-79,81-83,85-89H,3-14,16,18-20,22,24-51,53,55-59,61,63-66H2,1-2H3,(H,80,84)/b17-15-,23-21-,54-52+,62-60+. The third-order valence-corrected chi connectivity index (χ3v) is 19.2. The third kappa shape index (κ3) is 46.8. The van der Waals surface area contributed by atoms with Gasteiger partial charge >= 0.3 is 0 Å². The van der Waals surface area contributed by atoms with Crippen molar-refractivity contribution < 1.29 is 64.6 Å². The molecule has 2 aliphatic rings. The van der Waals surface area contributed by atoms with Crippen LogP contribution < -0.4 is 5.32 Å². The van der Waals surface area contributed by atoms with Gasteiger partial charge in [-0.25, -0.2) is 0 Å². The number of carbonyl (C=O) groups excluding carboxylic acids is 1. The van der Waals surface area contributed by atoms with Gasteiger partial charge < -0.3 is 65.1 Å². The summed E-state index contributed by atoms with van der Waals surface area (Å²) in [6, 6.07) is -0.931. The van der Waals surface area contributed by atoms with Crippen LogP contribution in [0.1, 0.15) is 354 Å². The van der Waals surface area contributed by atoms with Crippen molar-refractivity contribution in [2.75, 3.05) is 19.8 Å². The van der Waals surface area contributed by atoms with Gasteiger partial charge in [0.25, 0.3) is 0 Å². The van der Waals surface area contributed by atoms with E-state index < -0.39 is 86.8 Å². The predicted octanol–water partition coefficient (Wildman–Crippen LogP) is 17.4. The van der Waals surface area contributed by atoms with Crippen molar-refractivity contribution in [3.05, 3.63) is 48.6 Å². The quantitative estimate of drug-likeness (QED) is 0.0204. The molecule has 12 unspecified atom stereocenters. The van der Waals surface area contributed by atoms with E-state index in [9.17, 15) is 45.6 Å². The zero-order valence-electron chi connectivity index (χ0n) is 59.8. The highest BCUT2D eigenvalue weighted by Gasteiger charge is 2.51. The van der Waals surface area contributed by atoms with E-state index >= 15 is 0 Å². The van der Waals surface area contributed by atoms with Gasteiger partial charge in [-0.15, -0.1) is 0 Å². The highest BCUT2D eigenvalue weighted by Crippen LogP contribution is 2.30. The number of rotatable bonds is 66. The molecule has 1 amide bonds. The Morgan fingerprint density at radius 1 is 0.387 bits per heavy atom. The molecule has 0 bridgehead atoms. The Kier molecular flexibility index (Phi) is 59.3. The smallest absolute Gasteiger partial charge is 0.220 e. The Morgan fingerprint density at radius 2 is 0.720 bits per heavy atom. The highest BCUT2D eigenvalue weighted by molar-refractivity contribution is 5.76. The summed E-state index contributed by atoms with van der Waals surface area (Å²) in [5.74, 6) is -0.242. The molecule has 0 radical (unpaired) electrons. The lowest BCUT2D eigenvalue weighted by atomic mass is 9.97. The molecule has 2 fully saturated rings. The van der Waals surface area contributed by atoms with Crippen molar-refractivity contribution in [2.24, 2.45) is 0 Å². The molecule has 12 atom stereocenters. The molecule has 0 aliphatic carbocycles. The van der Waals surface area contributed by atoms with Crippen molar-refractivity contribution in [1.29, 1.82) is 0 Å². The molecule has 0 spiro atoms. The van der Waals surface area contributed by atoms with E-state index in [-0.39, 0.29) is 18.9 Å². The van der Waals surface area contributed by atoms with Gasteiger partial charge in [0.2, 0.25) is 5.91 Å². The van der Waals surface area contributed by atoms with Crippen molar-refractivity contribution in [2.45, 2.75) is 428 Å². The summed E-state index contributed by atoms with van der Waals surface area (Å²) < 4.78 is 22.9. The summed E-state index contributed by atoms with van der Waals surface area (Å²) in [5.41, 5.74) is 0. The normalized spacial score (nSPS) is 22.8. The molecular formula is C79H147NO13. The van der Waals surface area contributed by atoms with Crippen LogP contribution in [0.15, 0.2) is 48.6 Å². The van der Waals surface area contributed by atoms with Gasteiger partial charge in [-0.05, 0) is 64.2 Å². The molecule has 0 aromatic rings.